The van der Waals surface area contributed by atoms with Crippen LogP contribution in [0.3, 0.4) is 0 Å². The summed E-state index contributed by atoms with van der Waals surface area (Å²) in [6.45, 7) is 6.40. The molecule has 0 aromatic carbocycles. The molecule has 3 nitrogen and oxygen atoms in total. The van der Waals surface area contributed by atoms with Crippen LogP contribution in [0.1, 0.15) is 25.5 Å². The van der Waals surface area contributed by atoms with Crippen LogP contribution in [0.15, 0.2) is 19.6 Å². The Labute approximate surface area is 119 Å². The molecule has 1 aromatic heterocycles. The van der Waals surface area contributed by atoms with Crippen molar-refractivity contribution in [1.82, 2.24) is 10.2 Å². The Morgan fingerprint density at radius 3 is 2.88 bits per heavy atom. The van der Waals surface area contributed by atoms with Gasteiger partial charge < -0.3 is 9.73 Å². The third-order valence-electron chi connectivity index (χ3n) is 3.25. The first-order valence-electron chi connectivity index (χ1n) is 6.09. The molecule has 1 unspecified atom stereocenters. The molecule has 1 atom stereocenters. The summed E-state index contributed by atoms with van der Waals surface area (Å²) in [4.78, 5) is 2.48. The predicted octanol–water partition coefficient (Wildman–Crippen LogP) is 3.38. The van der Waals surface area contributed by atoms with Crippen molar-refractivity contribution in [2.75, 3.05) is 19.6 Å². The van der Waals surface area contributed by atoms with E-state index in [9.17, 15) is 0 Å². The number of rotatable bonds is 4. The van der Waals surface area contributed by atoms with Gasteiger partial charge in [0.2, 0.25) is 0 Å². The van der Waals surface area contributed by atoms with E-state index >= 15 is 0 Å². The minimum atomic E-state index is 0.636. The van der Waals surface area contributed by atoms with Crippen molar-refractivity contribution in [2.24, 2.45) is 0 Å². The van der Waals surface area contributed by atoms with Crippen molar-refractivity contribution in [3.63, 3.8) is 0 Å². The predicted molar refractivity (Wildman–Crippen MR) is 76.1 cm³/mol. The van der Waals surface area contributed by atoms with Crippen LogP contribution in [0.2, 0.25) is 0 Å². The number of hydrogen-bond acceptors (Lipinski definition) is 3. The van der Waals surface area contributed by atoms with Crippen LogP contribution in [0.25, 0.3) is 0 Å². The minimum absolute atomic E-state index is 0.636. The number of halogens is 2. The SMILES string of the molecule is CCN(Cc1cc(Br)c(Br)o1)C1CCCNC1. The van der Waals surface area contributed by atoms with Crippen LogP contribution in [0, 0.1) is 0 Å². The summed E-state index contributed by atoms with van der Waals surface area (Å²) >= 11 is 6.83. The van der Waals surface area contributed by atoms with Gasteiger partial charge in [0.1, 0.15) is 5.76 Å². The molecule has 0 bridgehead atoms. The quantitative estimate of drug-likeness (QED) is 0.886. The Balaban J connectivity index is 1.98. The van der Waals surface area contributed by atoms with E-state index in [-0.39, 0.29) is 0 Å². The molecule has 0 radical (unpaired) electrons. The third kappa shape index (κ3) is 3.56. The van der Waals surface area contributed by atoms with E-state index in [1.807, 2.05) is 6.07 Å². The van der Waals surface area contributed by atoms with Gasteiger partial charge in [0, 0.05) is 12.6 Å². The molecule has 0 spiro atoms. The zero-order valence-corrected chi connectivity index (χ0v) is 13.2. The molecule has 0 aliphatic carbocycles. The van der Waals surface area contributed by atoms with E-state index in [4.69, 9.17) is 4.42 Å². The van der Waals surface area contributed by atoms with Gasteiger partial charge in [-0.3, -0.25) is 4.90 Å². The zero-order valence-electron chi connectivity index (χ0n) is 10.0. The Bertz CT molecular complexity index is 342. The molecule has 1 N–H and O–H groups in total. The number of hydrogen-bond donors (Lipinski definition) is 1. The number of nitrogens with one attached hydrogen (secondary N) is 1. The Kier molecular flexibility index (Phi) is 5.09. The molecule has 0 amide bonds. The van der Waals surface area contributed by atoms with Crippen LogP contribution in [-0.2, 0) is 6.54 Å². The lowest BCUT2D eigenvalue weighted by Crippen LogP contribution is -2.45. The maximum absolute atomic E-state index is 5.65. The lowest BCUT2D eigenvalue weighted by Gasteiger charge is -2.33. The average Bonchev–Trinajstić information content (AvgIpc) is 2.67. The van der Waals surface area contributed by atoms with Crippen LogP contribution < -0.4 is 5.32 Å². The fourth-order valence-electron chi connectivity index (χ4n) is 2.31. The van der Waals surface area contributed by atoms with E-state index in [1.54, 1.807) is 0 Å². The van der Waals surface area contributed by atoms with Gasteiger partial charge >= 0.3 is 0 Å². The summed E-state index contributed by atoms with van der Waals surface area (Å²) in [7, 11) is 0. The van der Waals surface area contributed by atoms with E-state index in [0.717, 1.165) is 41.1 Å². The van der Waals surface area contributed by atoms with Crippen LogP contribution in [0.4, 0.5) is 0 Å². The average molecular weight is 366 g/mol. The maximum Gasteiger partial charge on any atom is 0.183 e. The van der Waals surface area contributed by atoms with E-state index < -0.39 is 0 Å². The molecule has 17 heavy (non-hydrogen) atoms. The standard InChI is InChI=1S/C12H18Br2N2O/c1-2-16(9-4-3-5-15-7-9)8-10-6-11(13)12(14)17-10/h6,9,15H,2-5,7-8H2,1H3. The summed E-state index contributed by atoms with van der Waals surface area (Å²) in [5.41, 5.74) is 0. The topological polar surface area (TPSA) is 28.4 Å². The van der Waals surface area contributed by atoms with Gasteiger partial charge in [-0.15, -0.1) is 0 Å². The molecule has 96 valence electrons. The second-order valence-electron chi connectivity index (χ2n) is 4.40. The highest BCUT2D eigenvalue weighted by atomic mass is 79.9. The molecule has 1 fully saturated rings. The highest BCUT2D eigenvalue weighted by Gasteiger charge is 2.21. The van der Waals surface area contributed by atoms with E-state index in [1.165, 1.54) is 12.8 Å². The Morgan fingerprint density at radius 2 is 2.35 bits per heavy atom. The molecule has 2 heterocycles. The molecular weight excluding hydrogens is 348 g/mol. The lowest BCUT2D eigenvalue weighted by molar-refractivity contribution is 0.154. The number of likely N-dealkylation sites (N-methyl/N-ethyl adjacent to an activating group) is 1. The molecule has 2 rings (SSSR count). The minimum Gasteiger partial charge on any atom is -0.452 e. The largest absolute Gasteiger partial charge is 0.452 e. The van der Waals surface area contributed by atoms with Crippen molar-refractivity contribution < 1.29 is 4.42 Å². The first-order chi connectivity index (χ1) is 8.20. The fraction of sp³-hybridized carbons (Fsp3) is 0.667. The smallest absolute Gasteiger partial charge is 0.183 e. The Hall–Kier alpha value is 0.160. The van der Waals surface area contributed by atoms with Crippen molar-refractivity contribution in [3.8, 4) is 0 Å². The van der Waals surface area contributed by atoms with Crippen LogP contribution in [-0.4, -0.2) is 30.6 Å². The first kappa shape index (κ1) is 13.6. The number of piperidine rings is 1. The van der Waals surface area contributed by atoms with Crippen molar-refractivity contribution >= 4 is 31.9 Å². The molecule has 5 heteroatoms. The van der Waals surface area contributed by atoms with Gasteiger partial charge in [0.05, 0.1) is 11.0 Å². The number of nitrogens with zero attached hydrogens (tertiary/aromatic N) is 1. The summed E-state index contributed by atoms with van der Waals surface area (Å²) < 4.78 is 7.42. The molecule has 1 aliphatic rings. The molecule has 1 aliphatic heterocycles. The summed E-state index contributed by atoms with van der Waals surface area (Å²) in [6.07, 6.45) is 2.55. The number of furan rings is 1. The van der Waals surface area contributed by atoms with Crippen LogP contribution >= 0.6 is 31.9 Å². The van der Waals surface area contributed by atoms with Crippen LogP contribution in [0.5, 0.6) is 0 Å². The fourth-order valence-corrected chi connectivity index (χ4v) is 2.97. The first-order valence-corrected chi connectivity index (χ1v) is 7.67. The summed E-state index contributed by atoms with van der Waals surface area (Å²) in [6, 6.07) is 2.68. The molecule has 1 saturated heterocycles. The maximum atomic E-state index is 5.65. The normalized spacial score (nSPS) is 21.1. The van der Waals surface area contributed by atoms with Crippen molar-refractivity contribution in [3.05, 3.63) is 21.0 Å². The van der Waals surface area contributed by atoms with Gasteiger partial charge in [0.15, 0.2) is 4.67 Å². The van der Waals surface area contributed by atoms with Gasteiger partial charge in [-0.25, -0.2) is 0 Å². The van der Waals surface area contributed by atoms with Gasteiger partial charge in [-0.1, -0.05) is 6.92 Å². The summed E-state index contributed by atoms with van der Waals surface area (Å²) in [5, 5.41) is 3.46. The highest BCUT2D eigenvalue weighted by Crippen LogP contribution is 2.28. The van der Waals surface area contributed by atoms with Crippen molar-refractivity contribution in [1.29, 1.82) is 0 Å². The second kappa shape index (κ2) is 6.36. The second-order valence-corrected chi connectivity index (χ2v) is 5.97. The Morgan fingerprint density at radius 1 is 1.53 bits per heavy atom. The lowest BCUT2D eigenvalue weighted by atomic mass is 10.1. The molecular formula is C12H18Br2N2O. The zero-order chi connectivity index (χ0) is 12.3. The van der Waals surface area contributed by atoms with E-state index in [0.29, 0.717) is 6.04 Å². The summed E-state index contributed by atoms with van der Waals surface area (Å²) in [5.74, 6) is 1.01. The highest BCUT2D eigenvalue weighted by molar-refractivity contribution is 9.13. The van der Waals surface area contributed by atoms with E-state index in [2.05, 4.69) is 49.0 Å². The monoisotopic (exact) mass is 364 g/mol. The van der Waals surface area contributed by atoms with Gasteiger partial charge in [-0.2, -0.15) is 0 Å². The molecule has 1 aromatic rings. The van der Waals surface area contributed by atoms with Gasteiger partial charge in [-0.05, 0) is 63.9 Å². The van der Waals surface area contributed by atoms with Gasteiger partial charge in [0.25, 0.3) is 0 Å². The van der Waals surface area contributed by atoms with Crippen molar-refractivity contribution in [2.45, 2.75) is 32.4 Å². The third-order valence-corrected chi connectivity index (χ3v) is 4.96. The molecule has 0 saturated carbocycles.